The highest BCUT2D eigenvalue weighted by atomic mass is 16.3. The van der Waals surface area contributed by atoms with Gasteiger partial charge in [-0.1, -0.05) is 18.2 Å². The summed E-state index contributed by atoms with van der Waals surface area (Å²) < 4.78 is 1.93. The van der Waals surface area contributed by atoms with Gasteiger partial charge in [-0.3, -0.25) is 0 Å². The maximum atomic E-state index is 9.49. The number of para-hydroxylation sites is 1. The molecule has 21 heavy (non-hydrogen) atoms. The molecule has 0 amide bonds. The van der Waals surface area contributed by atoms with Gasteiger partial charge < -0.3 is 15.7 Å². The quantitative estimate of drug-likeness (QED) is 0.851. The van der Waals surface area contributed by atoms with Gasteiger partial charge in [0.15, 0.2) is 0 Å². The summed E-state index contributed by atoms with van der Waals surface area (Å²) in [6, 6.07) is 10.0. The lowest BCUT2D eigenvalue weighted by Crippen LogP contribution is -2.25. The number of nitrogens with zero attached hydrogens (tertiary/aromatic N) is 3. The van der Waals surface area contributed by atoms with Crippen LogP contribution in [0.4, 0.5) is 5.82 Å². The Morgan fingerprint density at radius 1 is 1.33 bits per heavy atom. The van der Waals surface area contributed by atoms with E-state index in [9.17, 15) is 5.11 Å². The molecule has 114 valence electrons. The smallest absolute Gasteiger partial charge is 0.136 e. The molecule has 0 saturated carbocycles. The molecular weight excluding hydrogens is 264 g/mol. The van der Waals surface area contributed by atoms with Gasteiger partial charge in [-0.25, -0.2) is 4.68 Å². The minimum Gasteiger partial charge on any atom is -0.393 e. The molecule has 3 N–H and O–H groups in total. The van der Waals surface area contributed by atoms with Crippen LogP contribution in [0.15, 0.2) is 30.3 Å². The van der Waals surface area contributed by atoms with Gasteiger partial charge in [0.2, 0.25) is 0 Å². The van der Waals surface area contributed by atoms with E-state index >= 15 is 0 Å². The van der Waals surface area contributed by atoms with E-state index in [0.29, 0.717) is 13.0 Å². The van der Waals surface area contributed by atoms with Crippen molar-refractivity contribution < 1.29 is 5.11 Å². The summed E-state index contributed by atoms with van der Waals surface area (Å²) in [6.45, 7) is 4.99. The van der Waals surface area contributed by atoms with Gasteiger partial charge in [-0.15, -0.1) is 0 Å². The fraction of sp³-hybridized carbons (Fsp3) is 0.438. The average molecular weight is 288 g/mol. The zero-order valence-corrected chi connectivity index (χ0v) is 13.0. The van der Waals surface area contributed by atoms with Gasteiger partial charge in [0.05, 0.1) is 17.5 Å². The van der Waals surface area contributed by atoms with Crippen LogP contribution in [0.5, 0.6) is 0 Å². The van der Waals surface area contributed by atoms with Crippen molar-refractivity contribution in [2.24, 2.45) is 5.73 Å². The molecule has 2 rings (SSSR count). The number of aromatic nitrogens is 2. The molecule has 0 aliphatic carbocycles. The van der Waals surface area contributed by atoms with E-state index in [1.807, 2.05) is 49.0 Å². The Morgan fingerprint density at radius 3 is 2.57 bits per heavy atom. The molecule has 1 aromatic heterocycles. The van der Waals surface area contributed by atoms with Crippen molar-refractivity contribution >= 4 is 5.82 Å². The Morgan fingerprint density at radius 2 is 2.00 bits per heavy atom. The van der Waals surface area contributed by atoms with Crippen molar-refractivity contribution in [3.8, 4) is 5.69 Å². The molecule has 0 fully saturated rings. The van der Waals surface area contributed by atoms with Gasteiger partial charge in [-0.05, 0) is 32.4 Å². The fourth-order valence-electron chi connectivity index (χ4n) is 2.41. The van der Waals surface area contributed by atoms with Crippen LogP contribution in [0.1, 0.15) is 24.6 Å². The van der Waals surface area contributed by atoms with Crippen molar-refractivity contribution in [2.75, 3.05) is 18.5 Å². The maximum Gasteiger partial charge on any atom is 0.136 e. The molecule has 0 aliphatic heterocycles. The van der Waals surface area contributed by atoms with E-state index in [-0.39, 0.29) is 6.10 Å². The Hall–Kier alpha value is -1.85. The third-order valence-electron chi connectivity index (χ3n) is 3.61. The third-order valence-corrected chi connectivity index (χ3v) is 3.61. The molecule has 0 bridgehead atoms. The first-order chi connectivity index (χ1) is 10.0. The van der Waals surface area contributed by atoms with E-state index in [1.54, 1.807) is 6.92 Å². The molecule has 1 heterocycles. The molecule has 0 radical (unpaired) electrons. The molecule has 5 nitrogen and oxygen atoms in total. The van der Waals surface area contributed by atoms with Crippen LogP contribution in [-0.4, -0.2) is 34.6 Å². The van der Waals surface area contributed by atoms with E-state index in [4.69, 9.17) is 5.73 Å². The van der Waals surface area contributed by atoms with Crippen LogP contribution in [0.2, 0.25) is 0 Å². The number of anilines is 1. The average Bonchev–Trinajstić information content (AvgIpc) is 2.82. The van der Waals surface area contributed by atoms with Crippen molar-refractivity contribution in [1.82, 2.24) is 9.78 Å². The molecule has 0 saturated heterocycles. The van der Waals surface area contributed by atoms with Crippen molar-refractivity contribution in [2.45, 2.75) is 32.9 Å². The van der Waals surface area contributed by atoms with Crippen molar-refractivity contribution in [1.29, 1.82) is 0 Å². The monoisotopic (exact) mass is 288 g/mol. The lowest BCUT2D eigenvalue weighted by molar-refractivity contribution is 0.186. The number of nitrogens with two attached hydrogens (primary N) is 1. The Bertz CT molecular complexity index is 577. The number of aliphatic hydroxyl groups is 1. The second-order valence-corrected chi connectivity index (χ2v) is 5.40. The van der Waals surface area contributed by atoms with Crippen LogP contribution in [-0.2, 0) is 6.54 Å². The zero-order valence-electron chi connectivity index (χ0n) is 13.0. The first kappa shape index (κ1) is 15.5. The minimum absolute atomic E-state index is 0.317. The molecule has 0 aliphatic rings. The second-order valence-electron chi connectivity index (χ2n) is 5.40. The first-order valence-electron chi connectivity index (χ1n) is 7.27. The number of rotatable bonds is 6. The normalized spacial score (nSPS) is 12.4. The molecule has 1 unspecified atom stereocenters. The highest BCUT2D eigenvalue weighted by Crippen LogP contribution is 2.26. The number of hydrogen-bond donors (Lipinski definition) is 2. The van der Waals surface area contributed by atoms with Crippen LogP contribution < -0.4 is 10.6 Å². The van der Waals surface area contributed by atoms with Crippen LogP contribution in [0.3, 0.4) is 0 Å². The topological polar surface area (TPSA) is 67.3 Å². The summed E-state index contributed by atoms with van der Waals surface area (Å²) in [4.78, 5) is 2.11. The van der Waals surface area contributed by atoms with Gasteiger partial charge in [0.1, 0.15) is 5.82 Å². The molecule has 1 aromatic carbocycles. The minimum atomic E-state index is -0.317. The van der Waals surface area contributed by atoms with E-state index in [1.165, 1.54) is 0 Å². The van der Waals surface area contributed by atoms with Crippen LogP contribution in [0, 0.1) is 6.92 Å². The predicted molar refractivity (Wildman–Crippen MR) is 85.8 cm³/mol. The van der Waals surface area contributed by atoms with Crippen LogP contribution in [0.25, 0.3) is 5.69 Å². The highest BCUT2D eigenvalue weighted by molar-refractivity contribution is 5.54. The highest BCUT2D eigenvalue weighted by Gasteiger charge is 2.18. The van der Waals surface area contributed by atoms with E-state index < -0.39 is 0 Å². The SMILES string of the molecule is Cc1nn(-c2ccccc2)c(N(C)CCC(C)O)c1CN. The summed E-state index contributed by atoms with van der Waals surface area (Å²) in [5, 5.41) is 14.1. The second kappa shape index (κ2) is 6.74. The summed E-state index contributed by atoms with van der Waals surface area (Å²) in [5.74, 6) is 1.00. The van der Waals surface area contributed by atoms with Gasteiger partial charge >= 0.3 is 0 Å². The Balaban J connectivity index is 2.42. The molecule has 5 heteroatoms. The Kier molecular flexibility index (Phi) is 4.98. The predicted octanol–water partition coefficient (Wildman–Crippen LogP) is 1.85. The van der Waals surface area contributed by atoms with Gasteiger partial charge in [0, 0.05) is 25.7 Å². The maximum absolute atomic E-state index is 9.49. The van der Waals surface area contributed by atoms with E-state index in [2.05, 4.69) is 10.00 Å². The van der Waals surface area contributed by atoms with Gasteiger partial charge in [-0.2, -0.15) is 5.10 Å². The van der Waals surface area contributed by atoms with Crippen molar-refractivity contribution in [3.63, 3.8) is 0 Å². The summed E-state index contributed by atoms with van der Waals surface area (Å²) in [7, 11) is 2.01. The molecule has 2 aromatic rings. The Labute approximate surface area is 126 Å². The van der Waals surface area contributed by atoms with Crippen LogP contribution >= 0.6 is 0 Å². The standard InChI is InChI=1S/C16H24N4O/c1-12(21)9-10-19(3)16-15(11-17)13(2)18-20(16)14-7-5-4-6-8-14/h4-8,12,21H,9-11,17H2,1-3H3. The number of benzene rings is 1. The molecule has 0 spiro atoms. The summed E-state index contributed by atoms with van der Waals surface area (Å²) >= 11 is 0. The third kappa shape index (κ3) is 3.43. The molecule has 1 atom stereocenters. The summed E-state index contributed by atoms with van der Waals surface area (Å²) in [5.41, 5.74) is 8.91. The fourth-order valence-corrected chi connectivity index (χ4v) is 2.41. The number of aryl methyl sites for hydroxylation is 1. The van der Waals surface area contributed by atoms with Crippen molar-refractivity contribution in [3.05, 3.63) is 41.6 Å². The lowest BCUT2D eigenvalue weighted by Gasteiger charge is -2.22. The first-order valence-corrected chi connectivity index (χ1v) is 7.27. The lowest BCUT2D eigenvalue weighted by atomic mass is 10.2. The molecular formula is C16H24N4O. The summed E-state index contributed by atoms with van der Waals surface area (Å²) in [6.07, 6.45) is 0.391. The number of aliphatic hydroxyl groups excluding tert-OH is 1. The zero-order chi connectivity index (χ0) is 15.4. The van der Waals surface area contributed by atoms with E-state index in [0.717, 1.165) is 29.3 Å². The largest absolute Gasteiger partial charge is 0.393 e. The number of hydrogen-bond acceptors (Lipinski definition) is 4. The van der Waals surface area contributed by atoms with Gasteiger partial charge in [0.25, 0.3) is 0 Å².